The Labute approximate surface area is 136 Å². The van der Waals surface area contributed by atoms with E-state index >= 15 is 0 Å². The number of hydrogen-bond donors (Lipinski definition) is 3. The van der Waals surface area contributed by atoms with E-state index in [1.165, 1.54) is 18.2 Å². The topological polar surface area (TPSA) is 87.4 Å². The van der Waals surface area contributed by atoms with Crippen molar-refractivity contribution in [3.63, 3.8) is 0 Å². The summed E-state index contributed by atoms with van der Waals surface area (Å²) < 4.78 is 5.18. The zero-order valence-electron chi connectivity index (χ0n) is 11.8. The molecule has 6 nitrogen and oxygen atoms in total. The highest BCUT2D eigenvalue weighted by atomic mass is 35.5. The molecular weight excluding hydrogens is 318 g/mol. The van der Waals surface area contributed by atoms with Gasteiger partial charge in [-0.3, -0.25) is 5.32 Å². The van der Waals surface area contributed by atoms with Crippen LogP contribution in [0.25, 0.3) is 11.3 Å². The number of anilines is 2. The van der Waals surface area contributed by atoms with Gasteiger partial charge in [0.25, 0.3) is 0 Å². The van der Waals surface area contributed by atoms with Crippen LogP contribution in [0.2, 0.25) is 5.02 Å². The van der Waals surface area contributed by atoms with Gasteiger partial charge in [0.1, 0.15) is 5.75 Å². The Morgan fingerprint density at radius 1 is 1.09 bits per heavy atom. The Morgan fingerprint density at radius 3 is 2.65 bits per heavy atom. The fraction of sp³-hybridized carbons (Fsp3) is 0. The molecule has 2 amide bonds. The average Bonchev–Trinajstić information content (AvgIpc) is 3.00. The number of amides is 2. The van der Waals surface area contributed by atoms with E-state index in [2.05, 4.69) is 15.8 Å². The van der Waals surface area contributed by atoms with Crippen molar-refractivity contribution >= 4 is 29.1 Å². The van der Waals surface area contributed by atoms with Gasteiger partial charge in [0, 0.05) is 16.7 Å². The van der Waals surface area contributed by atoms with Crippen molar-refractivity contribution in [3.8, 4) is 17.1 Å². The predicted molar refractivity (Wildman–Crippen MR) is 87.7 cm³/mol. The van der Waals surface area contributed by atoms with Crippen molar-refractivity contribution < 1.29 is 14.4 Å². The summed E-state index contributed by atoms with van der Waals surface area (Å²) in [7, 11) is 0. The van der Waals surface area contributed by atoms with Gasteiger partial charge in [-0.05, 0) is 18.2 Å². The maximum atomic E-state index is 11.9. The second-order valence-electron chi connectivity index (χ2n) is 4.68. The minimum Gasteiger partial charge on any atom is -0.506 e. The number of nitrogens with one attached hydrogen (secondary N) is 2. The molecule has 0 aliphatic rings. The molecule has 0 aliphatic carbocycles. The Balaban J connectivity index is 1.69. The van der Waals surface area contributed by atoms with Crippen molar-refractivity contribution in [2.75, 3.05) is 10.6 Å². The molecule has 116 valence electrons. The average molecular weight is 330 g/mol. The molecule has 0 saturated carbocycles. The molecule has 0 fully saturated rings. The van der Waals surface area contributed by atoms with Crippen LogP contribution < -0.4 is 10.6 Å². The summed E-state index contributed by atoms with van der Waals surface area (Å²) in [6.07, 6.45) is 0. The smallest absolute Gasteiger partial charge is 0.325 e. The number of phenolic OH excluding ortho intramolecular Hbond substituents is 1. The molecule has 2 aromatic carbocycles. The Bertz CT molecular complexity index is 834. The normalized spacial score (nSPS) is 10.3. The highest BCUT2D eigenvalue weighted by Gasteiger charge is 2.11. The summed E-state index contributed by atoms with van der Waals surface area (Å²) in [4.78, 5) is 11.9. The van der Waals surface area contributed by atoms with E-state index in [1.807, 2.05) is 30.3 Å². The number of carbonyl (C=O) groups is 1. The largest absolute Gasteiger partial charge is 0.506 e. The summed E-state index contributed by atoms with van der Waals surface area (Å²) in [5.74, 6) is 0.698. The van der Waals surface area contributed by atoms with E-state index in [9.17, 15) is 9.90 Å². The molecule has 0 saturated heterocycles. The van der Waals surface area contributed by atoms with Gasteiger partial charge in [-0.25, -0.2) is 4.79 Å². The fourth-order valence-electron chi connectivity index (χ4n) is 1.95. The van der Waals surface area contributed by atoms with Crippen molar-refractivity contribution in [1.29, 1.82) is 0 Å². The van der Waals surface area contributed by atoms with Crippen LogP contribution >= 0.6 is 11.6 Å². The molecule has 0 radical (unpaired) electrons. The number of rotatable bonds is 3. The quantitative estimate of drug-likeness (QED) is 0.623. The maximum Gasteiger partial charge on any atom is 0.325 e. The van der Waals surface area contributed by atoms with Gasteiger partial charge in [-0.1, -0.05) is 47.1 Å². The van der Waals surface area contributed by atoms with Crippen LogP contribution in [-0.2, 0) is 0 Å². The number of hydrogen-bond acceptors (Lipinski definition) is 4. The molecule has 7 heteroatoms. The molecule has 0 unspecified atom stereocenters. The van der Waals surface area contributed by atoms with Gasteiger partial charge in [0.2, 0.25) is 0 Å². The molecule has 3 aromatic rings. The molecular formula is C16H12ClN3O3. The molecule has 0 aliphatic heterocycles. The highest BCUT2D eigenvalue weighted by Crippen LogP contribution is 2.27. The van der Waals surface area contributed by atoms with Crippen LogP contribution in [0.4, 0.5) is 16.3 Å². The number of phenols is 1. The van der Waals surface area contributed by atoms with E-state index in [0.717, 1.165) is 5.56 Å². The SMILES string of the molecule is O=C(Nc1cc(-c2ccccc2)on1)Nc1cc(Cl)ccc1O. The number of nitrogens with zero attached hydrogens (tertiary/aromatic N) is 1. The van der Waals surface area contributed by atoms with Crippen LogP contribution in [0.15, 0.2) is 59.1 Å². The van der Waals surface area contributed by atoms with Crippen LogP contribution in [-0.4, -0.2) is 16.3 Å². The first-order chi connectivity index (χ1) is 11.1. The lowest BCUT2D eigenvalue weighted by Gasteiger charge is -2.07. The third-order valence-corrected chi connectivity index (χ3v) is 3.25. The van der Waals surface area contributed by atoms with Gasteiger partial charge < -0.3 is 14.9 Å². The van der Waals surface area contributed by atoms with Crippen LogP contribution in [0.1, 0.15) is 0 Å². The fourth-order valence-corrected chi connectivity index (χ4v) is 2.12. The van der Waals surface area contributed by atoms with Gasteiger partial charge in [0.05, 0.1) is 5.69 Å². The first-order valence-corrected chi connectivity index (χ1v) is 7.08. The summed E-state index contributed by atoms with van der Waals surface area (Å²) in [6, 6.07) is 14.8. The molecule has 3 rings (SSSR count). The summed E-state index contributed by atoms with van der Waals surface area (Å²) in [6.45, 7) is 0. The molecule has 23 heavy (non-hydrogen) atoms. The van der Waals surface area contributed by atoms with E-state index in [0.29, 0.717) is 10.8 Å². The van der Waals surface area contributed by atoms with E-state index in [1.54, 1.807) is 6.07 Å². The molecule has 0 atom stereocenters. The number of carbonyl (C=O) groups excluding carboxylic acids is 1. The summed E-state index contributed by atoms with van der Waals surface area (Å²) in [5.41, 5.74) is 1.04. The van der Waals surface area contributed by atoms with Crippen LogP contribution in [0.3, 0.4) is 0 Å². The second-order valence-corrected chi connectivity index (χ2v) is 5.12. The van der Waals surface area contributed by atoms with Crippen LogP contribution in [0.5, 0.6) is 5.75 Å². The second kappa shape index (κ2) is 6.41. The number of halogens is 1. The highest BCUT2D eigenvalue weighted by molar-refractivity contribution is 6.31. The lowest BCUT2D eigenvalue weighted by Crippen LogP contribution is -2.19. The van der Waals surface area contributed by atoms with Gasteiger partial charge >= 0.3 is 6.03 Å². The van der Waals surface area contributed by atoms with Gasteiger partial charge in [-0.2, -0.15) is 0 Å². The lowest BCUT2D eigenvalue weighted by atomic mass is 10.2. The Hall–Kier alpha value is -2.99. The van der Waals surface area contributed by atoms with E-state index < -0.39 is 6.03 Å². The molecule has 0 spiro atoms. The molecule has 1 heterocycles. The number of aromatic hydroxyl groups is 1. The Morgan fingerprint density at radius 2 is 1.87 bits per heavy atom. The molecule has 0 bridgehead atoms. The third kappa shape index (κ3) is 3.61. The lowest BCUT2D eigenvalue weighted by molar-refractivity contribution is 0.261. The monoisotopic (exact) mass is 329 g/mol. The standard InChI is InChI=1S/C16H12ClN3O3/c17-11-6-7-13(21)12(8-11)18-16(22)19-15-9-14(23-20-15)10-4-2-1-3-5-10/h1-9,21H,(H2,18,19,20,22). The van der Waals surface area contributed by atoms with Crippen molar-refractivity contribution in [3.05, 3.63) is 59.6 Å². The zero-order chi connectivity index (χ0) is 16.2. The predicted octanol–water partition coefficient (Wildman–Crippen LogP) is 4.34. The van der Waals surface area contributed by atoms with E-state index in [-0.39, 0.29) is 17.3 Å². The number of urea groups is 1. The summed E-state index contributed by atoms with van der Waals surface area (Å²) >= 11 is 5.82. The minimum absolute atomic E-state index is 0.0883. The van der Waals surface area contributed by atoms with Crippen LogP contribution in [0, 0.1) is 0 Å². The minimum atomic E-state index is -0.574. The maximum absolute atomic E-state index is 11.9. The Kier molecular flexibility index (Phi) is 4.16. The van der Waals surface area contributed by atoms with Gasteiger partial charge in [-0.15, -0.1) is 0 Å². The third-order valence-electron chi connectivity index (χ3n) is 3.02. The number of aromatic nitrogens is 1. The molecule has 1 aromatic heterocycles. The zero-order valence-corrected chi connectivity index (χ0v) is 12.5. The summed E-state index contributed by atoms with van der Waals surface area (Å²) in [5, 5.41) is 18.8. The van der Waals surface area contributed by atoms with Crippen molar-refractivity contribution in [2.24, 2.45) is 0 Å². The first-order valence-electron chi connectivity index (χ1n) is 6.70. The van der Waals surface area contributed by atoms with Crippen molar-refractivity contribution in [1.82, 2.24) is 5.16 Å². The van der Waals surface area contributed by atoms with Gasteiger partial charge in [0.15, 0.2) is 11.6 Å². The van der Waals surface area contributed by atoms with E-state index in [4.69, 9.17) is 16.1 Å². The first kappa shape index (κ1) is 14.9. The number of benzene rings is 2. The van der Waals surface area contributed by atoms with Crippen molar-refractivity contribution in [2.45, 2.75) is 0 Å². The molecule has 3 N–H and O–H groups in total.